The van der Waals surface area contributed by atoms with Gasteiger partial charge in [0, 0.05) is 105 Å². The number of halogens is 2. The minimum absolute atomic E-state index is 0.396. The largest absolute Gasteiger partial charge is 0.309 e. The van der Waals surface area contributed by atoms with Crippen LogP contribution in [0.1, 0.15) is 5.56 Å². The Morgan fingerprint density at radius 2 is 0.692 bits per heavy atom. The van der Waals surface area contributed by atoms with Crippen LogP contribution in [0.2, 0.25) is 0 Å². The summed E-state index contributed by atoms with van der Waals surface area (Å²) in [6.07, 6.45) is 13.8. The van der Waals surface area contributed by atoms with Gasteiger partial charge in [-0.3, -0.25) is 0 Å². The van der Waals surface area contributed by atoms with Gasteiger partial charge in [0.15, 0.2) is 23.3 Å². The summed E-state index contributed by atoms with van der Waals surface area (Å²) in [5.41, 5.74) is 10.5. The van der Waals surface area contributed by atoms with Crippen molar-refractivity contribution in [1.29, 1.82) is 0 Å². The average molecular weight is 847 g/mol. The van der Waals surface area contributed by atoms with Crippen molar-refractivity contribution in [1.82, 2.24) is 49.0 Å². The third-order valence-corrected chi connectivity index (χ3v) is 11.9. The van der Waals surface area contributed by atoms with E-state index >= 15 is 8.78 Å². The fourth-order valence-electron chi connectivity index (χ4n) is 9.06. The molecule has 0 saturated heterocycles. The van der Waals surface area contributed by atoms with Gasteiger partial charge in [-0.25, -0.2) is 48.7 Å². The minimum atomic E-state index is -0.672. The van der Waals surface area contributed by atoms with E-state index in [0.29, 0.717) is 34.4 Å². The Morgan fingerprint density at radius 1 is 0.354 bits per heavy atom. The summed E-state index contributed by atoms with van der Waals surface area (Å²) in [5.74, 6) is 1.05. The Hall–Kier alpha value is -8.90. The highest BCUT2D eigenvalue weighted by atomic mass is 19.1. The van der Waals surface area contributed by atoms with Crippen molar-refractivity contribution in [2.45, 2.75) is 6.92 Å². The number of fused-ring (bicyclic) bond motifs is 6. The topological polar surface area (TPSA) is 113 Å². The first kappa shape index (κ1) is 37.8. The summed E-state index contributed by atoms with van der Waals surface area (Å²) in [4.78, 5) is 36.5. The molecule has 0 atom stereocenters. The lowest BCUT2D eigenvalue weighted by atomic mass is 9.98. The molecule has 0 radical (unpaired) electrons. The highest BCUT2D eigenvalue weighted by Crippen LogP contribution is 2.44. The lowest BCUT2D eigenvalue weighted by Crippen LogP contribution is -2.06. The summed E-state index contributed by atoms with van der Waals surface area (Å²) < 4.78 is 35.0. The van der Waals surface area contributed by atoms with Crippen molar-refractivity contribution < 1.29 is 8.78 Å². The molecule has 308 valence electrons. The van der Waals surface area contributed by atoms with Crippen molar-refractivity contribution in [2.75, 3.05) is 0 Å². The van der Waals surface area contributed by atoms with Crippen molar-refractivity contribution in [3.8, 4) is 68.1 Å². The normalized spacial score (nSPS) is 11.6. The molecule has 6 aromatic carbocycles. The molecule has 6 heterocycles. The van der Waals surface area contributed by atoms with Gasteiger partial charge < -0.3 is 9.13 Å². The molecule has 0 aliphatic rings. The fraction of sp³-hybridized carbons (Fsp3) is 0.0189. The Labute approximate surface area is 369 Å². The second kappa shape index (κ2) is 15.2. The predicted molar refractivity (Wildman–Crippen MR) is 249 cm³/mol. The number of hydrogen-bond acceptors (Lipinski definition) is 8. The molecule has 0 spiro atoms. The zero-order valence-electron chi connectivity index (χ0n) is 34.5. The van der Waals surface area contributed by atoms with E-state index in [1.54, 1.807) is 73.8 Å². The van der Waals surface area contributed by atoms with E-state index in [-0.39, 0.29) is 0 Å². The minimum Gasteiger partial charge on any atom is -0.309 e. The van der Waals surface area contributed by atoms with Crippen LogP contribution in [0.25, 0.3) is 112 Å². The van der Waals surface area contributed by atoms with Crippen LogP contribution in [0.15, 0.2) is 177 Å². The molecule has 12 rings (SSSR count). The van der Waals surface area contributed by atoms with Gasteiger partial charge in [-0.1, -0.05) is 6.07 Å². The summed E-state index contributed by atoms with van der Waals surface area (Å²) in [6.45, 7) is 2.07. The summed E-state index contributed by atoms with van der Waals surface area (Å²) in [6, 6.07) is 39.6. The average Bonchev–Trinajstić information content (AvgIpc) is 3.85. The quantitative estimate of drug-likeness (QED) is 0.156. The van der Waals surface area contributed by atoms with E-state index in [9.17, 15) is 0 Å². The van der Waals surface area contributed by atoms with E-state index in [2.05, 4.69) is 104 Å². The zero-order chi connectivity index (χ0) is 43.6. The van der Waals surface area contributed by atoms with Crippen molar-refractivity contribution in [2.24, 2.45) is 0 Å². The standard InChI is InChI=1S/C53H32F2N10/c1-31-44(64-45-11-6-32(50-56-16-2-17-57-50)26-40(45)41-27-33(7-12-46(41)64)51-58-18-3-19-59-51)15-10-39(36-24-37(54)30-38(55)25-36)49(31)65-47-13-8-34(52-60-20-4-21-61-52)28-42(47)43-29-35(9-14-48(43)65)53-62-22-5-23-63-53/h2-30H,1H3. The summed E-state index contributed by atoms with van der Waals surface area (Å²) in [7, 11) is 0. The molecule has 0 bridgehead atoms. The molecule has 0 aliphatic carbocycles. The van der Waals surface area contributed by atoms with E-state index in [0.717, 1.165) is 88.9 Å². The lowest BCUT2D eigenvalue weighted by Gasteiger charge is -2.21. The van der Waals surface area contributed by atoms with Crippen molar-refractivity contribution in [3.05, 3.63) is 194 Å². The SMILES string of the molecule is Cc1c(-n2c3ccc(-c4ncccn4)cc3c3cc(-c4ncccn4)ccc32)ccc(-c2cc(F)cc(F)c2)c1-n1c2ccc(-c3ncccn3)cc2c2cc(-c3ncccn3)ccc21. The molecule has 0 amide bonds. The molecule has 6 aromatic heterocycles. The van der Waals surface area contributed by atoms with E-state index in [1.165, 1.54) is 12.1 Å². The molecule has 0 N–H and O–H groups in total. The Bertz CT molecular complexity index is 3590. The fourth-order valence-corrected chi connectivity index (χ4v) is 9.06. The van der Waals surface area contributed by atoms with Crippen LogP contribution in [0.4, 0.5) is 8.78 Å². The molecule has 12 heteroatoms. The lowest BCUT2D eigenvalue weighted by molar-refractivity contribution is 0.584. The van der Waals surface area contributed by atoms with Crippen LogP contribution >= 0.6 is 0 Å². The van der Waals surface area contributed by atoms with E-state index in [1.807, 2.05) is 36.4 Å². The van der Waals surface area contributed by atoms with Gasteiger partial charge in [0.05, 0.1) is 33.4 Å². The highest BCUT2D eigenvalue weighted by molar-refractivity contribution is 6.13. The second-order valence-corrected chi connectivity index (χ2v) is 15.7. The first-order valence-electron chi connectivity index (χ1n) is 20.8. The smallest absolute Gasteiger partial charge is 0.159 e. The third-order valence-electron chi connectivity index (χ3n) is 11.9. The van der Waals surface area contributed by atoms with Gasteiger partial charge in [-0.05, 0) is 133 Å². The summed E-state index contributed by atoms with van der Waals surface area (Å²) >= 11 is 0. The number of rotatable bonds is 7. The third kappa shape index (κ3) is 6.38. The Balaban J connectivity index is 1.17. The molecule has 0 aliphatic heterocycles. The monoisotopic (exact) mass is 846 g/mol. The molecule has 0 saturated carbocycles. The van der Waals surface area contributed by atoms with Gasteiger partial charge in [-0.2, -0.15) is 0 Å². The number of nitrogens with zero attached hydrogens (tertiary/aromatic N) is 10. The van der Waals surface area contributed by atoms with Crippen LogP contribution < -0.4 is 0 Å². The van der Waals surface area contributed by atoms with Crippen molar-refractivity contribution >= 4 is 43.6 Å². The van der Waals surface area contributed by atoms with Gasteiger partial charge in [0.2, 0.25) is 0 Å². The number of benzene rings is 6. The van der Waals surface area contributed by atoms with E-state index < -0.39 is 11.6 Å². The molecular formula is C53H32F2N10. The maximum Gasteiger partial charge on any atom is 0.159 e. The molecule has 0 fully saturated rings. The van der Waals surface area contributed by atoms with Crippen LogP contribution in [-0.4, -0.2) is 49.0 Å². The molecule has 12 aromatic rings. The Morgan fingerprint density at radius 3 is 1.05 bits per heavy atom. The van der Waals surface area contributed by atoms with Crippen LogP contribution in [0.5, 0.6) is 0 Å². The zero-order valence-corrected chi connectivity index (χ0v) is 34.5. The first-order valence-corrected chi connectivity index (χ1v) is 20.8. The molecular weight excluding hydrogens is 815 g/mol. The second-order valence-electron chi connectivity index (χ2n) is 15.7. The Kier molecular flexibility index (Phi) is 8.83. The molecule has 0 unspecified atom stereocenters. The van der Waals surface area contributed by atoms with Crippen LogP contribution in [0, 0.1) is 18.6 Å². The number of aromatic nitrogens is 10. The van der Waals surface area contributed by atoms with E-state index in [4.69, 9.17) is 0 Å². The molecule has 10 nitrogen and oxygen atoms in total. The van der Waals surface area contributed by atoms with Crippen molar-refractivity contribution in [3.63, 3.8) is 0 Å². The number of hydrogen-bond donors (Lipinski definition) is 0. The predicted octanol–water partition coefficient (Wildman–Crippen LogP) is 12.0. The van der Waals surface area contributed by atoms with Gasteiger partial charge in [0.1, 0.15) is 11.6 Å². The van der Waals surface area contributed by atoms with Gasteiger partial charge in [0.25, 0.3) is 0 Å². The molecule has 65 heavy (non-hydrogen) atoms. The first-order chi connectivity index (χ1) is 32.0. The highest BCUT2D eigenvalue weighted by Gasteiger charge is 2.24. The maximum absolute atomic E-state index is 15.3. The van der Waals surface area contributed by atoms with Crippen LogP contribution in [0.3, 0.4) is 0 Å². The summed E-state index contributed by atoms with van der Waals surface area (Å²) in [5, 5.41) is 3.80. The maximum atomic E-state index is 15.3. The van der Waals surface area contributed by atoms with Crippen LogP contribution in [-0.2, 0) is 0 Å². The van der Waals surface area contributed by atoms with Gasteiger partial charge in [-0.15, -0.1) is 0 Å². The van der Waals surface area contributed by atoms with Gasteiger partial charge >= 0.3 is 0 Å².